The quantitative estimate of drug-likeness (QED) is 0.888. The van der Waals surface area contributed by atoms with Crippen LogP contribution in [0.5, 0.6) is 0 Å². The summed E-state index contributed by atoms with van der Waals surface area (Å²) < 4.78 is 1.84. The molecule has 3 nitrogen and oxygen atoms in total. The Morgan fingerprint density at radius 3 is 2.62 bits per heavy atom. The minimum atomic E-state index is 0.552. The first-order chi connectivity index (χ1) is 7.72. The van der Waals surface area contributed by atoms with Crippen molar-refractivity contribution in [1.82, 2.24) is 9.78 Å². The molecule has 0 atom stereocenters. The summed E-state index contributed by atoms with van der Waals surface area (Å²) >= 11 is 6.13. The van der Waals surface area contributed by atoms with Crippen molar-refractivity contribution in [3.63, 3.8) is 0 Å². The van der Waals surface area contributed by atoms with Gasteiger partial charge in [-0.3, -0.25) is 4.68 Å². The van der Waals surface area contributed by atoms with Gasteiger partial charge in [-0.15, -0.1) is 0 Å². The maximum atomic E-state index is 6.13. The summed E-state index contributed by atoms with van der Waals surface area (Å²) in [5.41, 5.74) is 8.77. The van der Waals surface area contributed by atoms with E-state index in [1.807, 2.05) is 16.8 Å². The van der Waals surface area contributed by atoms with Crippen molar-refractivity contribution < 1.29 is 0 Å². The van der Waals surface area contributed by atoms with Gasteiger partial charge in [-0.05, 0) is 6.92 Å². The van der Waals surface area contributed by atoms with Gasteiger partial charge in [0.15, 0.2) is 0 Å². The number of hydrogen-bond donors (Lipinski definition) is 1. The van der Waals surface area contributed by atoms with Crippen molar-refractivity contribution in [2.45, 2.75) is 13.5 Å². The molecule has 0 aliphatic heterocycles. The Bertz CT molecular complexity index is 474. The zero-order chi connectivity index (χ0) is 11.5. The van der Waals surface area contributed by atoms with E-state index in [2.05, 4.69) is 24.2 Å². The van der Waals surface area contributed by atoms with Gasteiger partial charge in [0.2, 0.25) is 0 Å². The van der Waals surface area contributed by atoms with Crippen LogP contribution >= 0.6 is 11.6 Å². The van der Waals surface area contributed by atoms with Gasteiger partial charge >= 0.3 is 0 Å². The molecule has 1 aromatic heterocycles. The highest BCUT2D eigenvalue weighted by molar-refractivity contribution is 6.33. The molecule has 0 amide bonds. The van der Waals surface area contributed by atoms with Crippen LogP contribution in [-0.2, 0) is 6.54 Å². The molecule has 84 valence electrons. The van der Waals surface area contributed by atoms with E-state index in [0.29, 0.717) is 18.1 Å². The van der Waals surface area contributed by atoms with E-state index in [-0.39, 0.29) is 0 Å². The fraction of sp³-hybridized carbons (Fsp3) is 0.250. The first kappa shape index (κ1) is 11.2. The molecule has 16 heavy (non-hydrogen) atoms. The Morgan fingerprint density at radius 2 is 2.00 bits per heavy atom. The Hall–Kier alpha value is -1.32. The second-order valence-corrected chi connectivity index (χ2v) is 4.13. The lowest BCUT2D eigenvalue weighted by Gasteiger charge is -2.07. The fourth-order valence-electron chi connectivity index (χ4n) is 1.65. The number of aryl methyl sites for hydroxylation is 1. The van der Waals surface area contributed by atoms with Crippen LogP contribution in [0.2, 0.25) is 5.02 Å². The fourth-order valence-corrected chi connectivity index (χ4v) is 1.90. The topological polar surface area (TPSA) is 43.8 Å². The molecule has 0 fully saturated rings. The highest BCUT2D eigenvalue weighted by atomic mass is 35.5. The zero-order valence-electron chi connectivity index (χ0n) is 9.15. The third kappa shape index (κ3) is 2.10. The summed E-state index contributed by atoms with van der Waals surface area (Å²) in [7, 11) is 0. The number of nitrogens with two attached hydrogens (primary N) is 1. The molecule has 0 spiro atoms. The lowest BCUT2D eigenvalue weighted by atomic mass is 10.1. The maximum Gasteiger partial charge on any atom is 0.0869 e. The van der Waals surface area contributed by atoms with Crippen LogP contribution in [0, 0.1) is 6.92 Å². The largest absolute Gasteiger partial charge is 0.329 e. The minimum Gasteiger partial charge on any atom is -0.329 e. The third-order valence-corrected chi connectivity index (χ3v) is 2.74. The van der Waals surface area contributed by atoms with Crippen molar-refractivity contribution >= 4 is 11.6 Å². The Labute approximate surface area is 99.8 Å². The number of benzene rings is 1. The van der Waals surface area contributed by atoms with Crippen molar-refractivity contribution in [2.75, 3.05) is 6.54 Å². The predicted octanol–water partition coefficient (Wildman–Crippen LogP) is 2.47. The Kier molecular flexibility index (Phi) is 3.27. The summed E-state index contributed by atoms with van der Waals surface area (Å²) in [6.45, 7) is 3.29. The third-order valence-electron chi connectivity index (χ3n) is 2.46. The van der Waals surface area contributed by atoms with E-state index < -0.39 is 0 Å². The lowest BCUT2D eigenvalue weighted by Crippen LogP contribution is -2.12. The maximum absolute atomic E-state index is 6.13. The zero-order valence-corrected chi connectivity index (χ0v) is 9.91. The molecular weight excluding hydrogens is 222 g/mol. The van der Waals surface area contributed by atoms with Crippen molar-refractivity contribution in [3.8, 4) is 11.3 Å². The Balaban J connectivity index is 2.45. The monoisotopic (exact) mass is 235 g/mol. The molecule has 0 aliphatic carbocycles. The van der Waals surface area contributed by atoms with E-state index in [4.69, 9.17) is 17.3 Å². The molecular formula is C12H14ClN3. The molecule has 2 N–H and O–H groups in total. The van der Waals surface area contributed by atoms with Gasteiger partial charge in [0, 0.05) is 12.1 Å². The first-order valence-corrected chi connectivity index (χ1v) is 5.58. The van der Waals surface area contributed by atoms with Crippen molar-refractivity contribution in [3.05, 3.63) is 41.0 Å². The van der Waals surface area contributed by atoms with Crippen molar-refractivity contribution in [2.24, 2.45) is 5.73 Å². The average molecular weight is 236 g/mol. The molecule has 0 radical (unpaired) electrons. The molecule has 2 rings (SSSR count). The minimum absolute atomic E-state index is 0.552. The molecule has 0 saturated carbocycles. The SMILES string of the molecule is Cc1ccc(-c2c(Cl)cnn2CCN)cc1. The summed E-state index contributed by atoms with van der Waals surface area (Å²) in [4.78, 5) is 0. The van der Waals surface area contributed by atoms with Crippen LogP contribution in [0.25, 0.3) is 11.3 Å². The number of hydrogen-bond acceptors (Lipinski definition) is 2. The van der Waals surface area contributed by atoms with Crippen LogP contribution < -0.4 is 5.73 Å². The second kappa shape index (κ2) is 4.68. The highest BCUT2D eigenvalue weighted by Crippen LogP contribution is 2.27. The number of aromatic nitrogens is 2. The van der Waals surface area contributed by atoms with Crippen molar-refractivity contribution in [1.29, 1.82) is 0 Å². The van der Waals surface area contributed by atoms with E-state index in [9.17, 15) is 0 Å². The van der Waals surface area contributed by atoms with E-state index in [1.165, 1.54) is 5.56 Å². The van der Waals surface area contributed by atoms with Crippen LogP contribution in [0.1, 0.15) is 5.56 Å². The van der Waals surface area contributed by atoms with E-state index in [1.54, 1.807) is 6.20 Å². The molecule has 2 aromatic rings. The van der Waals surface area contributed by atoms with Crippen LogP contribution in [0.3, 0.4) is 0 Å². The average Bonchev–Trinajstić information content (AvgIpc) is 2.62. The second-order valence-electron chi connectivity index (χ2n) is 3.72. The Morgan fingerprint density at radius 1 is 1.31 bits per heavy atom. The summed E-state index contributed by atoms with van der Waals surface area (Å²) in [5, 5.41) is 4.87. The standard InChI is InChI=1S/C12H14ClN3/c1-9-2-4-10(5-3-9)12-11(13)8-15-16(12)7-6-14/h2-5,8H,6-7,14H2,1H3. The molecule has 0 saturated heterocycles. The molecule has 0 aliphatic rings. The summed E-state index contributed by atoms with van der Waals surface area (Å²) in [5.74, 6) is 0. The normalized spacial score (nSPS) is 10.7. The molecule has 0 bridgehead atoms. The van der Waals surface area contributed by atoms with Gasteiger partial charge in [-0.25, -0.2) is 0 Å². The highest BCUT2D eigenvalue weighted by Gasteiger charge is 2.10. The van der Waals surface area contributed by atoms with Gasteiger partial charge in [-0.2, -0.15) is 5.10 Å². The first-order valence-electron chi connectivity index (χ1n) is 5.21. The van der Waals surface area contributed by atoms with Gasteiger partial charge in [-0.1, -0.05) is 41.4 Å². The predicted molar refractivity (Wildman–Crippen MR) is 66.5 cm³/mol. The summed E-state index contributed by atoms with van der Waals surface area (Å²) in [6, 6.07) is 8.22. The van der Waals surface area contributed by atoms with Crippen LogP contribution in [-0.4, -0.2) is 16.3 Å². The van der Waals surface area contributed by atoms with Gasteiger partial charge in [0.1, 0.15) is 0 Å². The van der Waals surface area contributed by atoms with Crippen LogP contribution in [0.4, 0.5) is 0 Å². The molecule has 4 heteroatoms. The number of nitrogens with zero attached hydrogens (tertiary/aromatic N) is 2. The molecule has 1 aromatic carbocycles. The smallest absolute Gasteiger partial charge is 0.0869 e. The van der Waals surface area contributed by atoms with Crippen LogP contribution in [0.15, 0.2) is 30.5 Å². The van der Waals surface area contributed by atoms with Gasteiger partial charge in [0.05, 0.1) is 23.5 Å². The lowest BCUT2D eigenvalue weighted by molar-refractivity contribution is 0.631. The number of rotatable bonds is 3. The number of halogens is 1. The van der Waals surface area contributed by atoms with E-state index >= 15 is 0 Å². The summed E-state index contributed by atoms with van der Waals surface area (Å²) in [6.07, 6.45) is 1.66. The molecule has 0 unspecified atom stereocenters. The molecule has 1 heterocycles. The van der Waals surface area contributed by atoms with Gasteiger partial charge < -0.3 is 5.73 Å². The van der Waals surface area contributed by atoms with E-state index in [0.717, 1.165) is 11.3 Å². The van der Waals surface area contributed by atoms with Gasteiger partial charge in [0.25, 0.3) is 0 Å².